The highest BCUT2D eigenvalue weighted by Gasteiger charge is 2.25. The highest BCUT2D eigenvalue weighted by molar-refractivity contribution is 6.06. The molecule has 2 amide bonds. The van der Waals surface area contributed by atoms with Crippen molar-refractivity contribution < 1.29 is 19.5 Å². The first kappa shape index (κ1) is 14.0. The molecule has 0 spiro atoms. The van der Waals surface area contributed by atoms with Gasteiger partial charge in [-0.3, -0.25) is 14.4 Å². The normalized spacial score (nSPS) is 14.4. The van der Waals surface area contributed by atoms with Gasteiger partial charge in [0.15, 0.2) is 0 Å². The van der Waals surface area contributed by atoms with E-state index in [9.17, 15) is 14.4 Å². The van der Waals surface area contributed by atoms with Crippen LogP contribution in [-0.4, -0.2) is 36.0 Å². The minimum atomic E-state index is -1.11. The van der Waals surface area contributed by atoms with Gasteiger partial charge in [-0.25, -0.2) is 0 Å². The van der Waals surface area contributed by atoms with Crippen LogP contribution in [0, 0.1) is 6.92 Å². The van der Waals surface area contributed by atoms with Crippen molar-refractivity contribution in [2.24, 2.45) is 0 Å². The number of hydrogen-bond donors (Lipinski definition) is 2. The van der Waals surface area contributed by atoms with Crippen LogP contribution in [0.4, 0.5) is 5.69 Å². The number of anilines is 1. The van der Waals surface area contributed by atoms with Gasteiger partial charge >= 0.3 is 5.97 Å². The molecular weight excluding hydrogens is 260 g/mol. The van der Waals surface area contributed by atoms with Crippen molar-refractivity contribution in [3.63, 3.8) is 0 Å². The molecule has 1 aliphatic heterocycles. The van der Waals surface area contributed by atoms with E-state index in [1.165, 1.54) is 0 Å². The number of benzene rings is 1. The average molecular weight is 276 g/mol. The summed E-state index contributed by atoms with van der Waals surface area (Å²) < 4.78 is 0. The van der Waals surface area contributed by atoms with E-state index >= 15 is 0 Å². The van der Waals surface area contributed by atoms with Gasteiger partial charge in [0, 0.05) is 13.0 Å². The van der Waals surface area contributed by atoms with Crippen molar-refractivity contribution in [2.75, 3.05) is 18.0 Å². The van der Waals surface area contributed by atoms with Gasteiger partial charge in [0.05, 0.1) is 11.3 Å². The van der Waals surface area contributed by atoms with Crippen LogP contribution in [0.5, 0.6) is 0 Å². The quantitative estimate of drug-likeness (QED) is 0.856. The average Bonchev–Trinajstić information content (AvgIpc) is 2.82. The van der Waals surface area contributed by atoms with Crippen LogP contribution in [0.15, 0.2) is 18.2 Å². The molecule has 1 aliphatic rings. The third kappa shape index (κ3) is 2.96. The summed E-state index contributed by atoms with van der Waals surface area (Å²) in [4.78, 5) is 36.0. The molecule has 1 aromatic carbocycles. The number of carbonyl (C=O) groups is 3. The second-order valence-electron chi connectivity index (χ2n) is 4.75. The fraction of sp³-hybridized carbons (Fsp3) is 0.357. The van der Waals surface area contributed by atoms with Gasteiger partial charge in [-0.05, 0) is 25.5 Å². The number of rotatable bonds is 4. The van der Waals surface area contributed by atoms with E-state index in [0.29, 0.717) is 24.2 Å². The van der Waals surface area contributed by atoms with Gasteiger partial charge in [0.2, 0.25) is 5.91 Å². The summed E-state index contributed by atoms with van der Waals surface area (Å²) in [6.45, 7) is 1.98. The SMILES string of the molecule is Cc1ccc(N2CCCC2=O)c(C(=O)NCC(=O)O)c1. The Morgan fingerprint density at radius 2 is 2.15 bits per heavy atom. The van der Waals surface area contributed by atoms with E-state index in [1.807, 2.05) is 13.0 Å². The summed E-state index contributed by atoms with van der Waals surface area (Å²) in [5.74, 6) is -1.60. The highest BCUT2D eigenvalue weighted by Crippen LogP contribution is 2.26. The Balaban J connectivity index is 2.30. The summed E-state index contributed by atoms with van der Waals surface area (Å²) in [6.07, 6.45) is 1.24. The minimum Gasteiger partial charge on any atom is -0.480 e. The first-order valence-electron chi connectivity index (χ1n) is 6.40. The Kier molecular flexibility index (Phi) is 4.02. The van der Waals surface area contributed by atoms with Crippen molar-refractivity contribution in [1.29, 1.82) is 0 Å². The highest BCUT2D eigenvalue weighted by atomic mass is 16.4. The molecule has 2 N–H and O–H groups in total. The van der Waals surface area contributed by atoms with Crippen LogP contribution in [0.25, 0.3) is 0 Å². The zero-order valence-corrected chi connectivity index (χ0v) is 11.2. The zero-order chi connectivity index (χ0) is 14.7. The predicted octanol–water partition coefficient (Wildman–Crippen LogP) is 0.936. The zero-order valence-electron chi connectivity index (χ0n) is 11.2. The van der Waals surface area contributed by atoms with Crippen molar-refractivity contribution in [2.45, 2.75) is 19.8 Å². The number of carbonyl (C=O) groups excluding carboxylic acids is 2. The standard InChI is InChI=1S/C14H16N2O4/c1-9-4-5-11(16-6-2-3-12(16)17)10(7-9)14(20)15-8-13(18)19/h4-5,7H,2-3,6,8H2,1H3,(H,15,20)(H,18,19). The van der Waals surface area contributed by atoms with Crippen LogP contribution in [0.1, 0.15) is 28.8 Å². The number of aliphatic carboxylic acids is 1. The molecule has 0 radical (unpaired) electrons. The molecule has 6 heteroatoms. The molecular formula is C14H16N2O4. The van der Waals surface area contributed by atoms with Crippen LogP contribution >= 0.6 is 0 Å². The number of nitrogens with zero attached hydrogens (tertiary/aromatic N) is 1. The summed E-state index contributed by atoms with van der Waals surface area (Å²) >= 11 is 0. The molecule has 0 bridgehead atoms. The Labute approximate surface area is 116 Å². The monoisotopic (exact) mass is 276 g/mol. The second-order valence-corrected chi connectivity index (χ2v) is 4.75. The molecule has 0 atom stereocenters. The molecule has 106 valence electrons. The Hall–Kier alpha value is -2.37. The molecule has 0 aliphatic carbocycles. The molecule has 1 heterocycles. The minimum absolute atomic E-state index is 0.0128. The summed E-state index contributed by atoms with van der Waals surface area (Å²) in [5.41, 5.74) is 1.75. The molecule has 1 aromatic rings. The number of carboxylic acid groups (broad SMARTS) is 1. The largest absolute Gasteiger partial charge is 0.480 e. The lowest BCUT2D eigenvalue weighted by Crippen LogP contribution is -2.32. The van der Waals surface area contributed by atoms with Crippen molar-refractivity contribution in [3.05, 3.63) is 29.3 Å². The second kappa shape index (κ2) is 5.73. The van der Waals surface area contributed by atoms with Gasteiger partial charge in [-0.2, -0.15) is 0 Å². The van der Waals surface area contributed by atoms with Crippen LogP contribution in [0.2, 0.25) is 0 Å². The number of carboxylic acids is 1. The Morgan fingerprint density at radius 1 is 1.40 bits per heavy atom. The molecule has 0 saturated carbocycles. The van der Waals surface area contributed by atoms with E-state index in [1.54, 1.807) is 17.0 Å². The smallest absolute Gasteiger partial charge is 0.322 e. The number of amides is 2. The topological polar surface area (TPSA) is 86.7 Å². The van der Waals surface area contributed by atoms with E-state index in [4.69, 9.17) is 5.11 Å². The number of nitrogens with one attached hydrogen (secondary N) is 1. The Morgan fingerprint density at radius 3 is 2.75 bits per heavy atom. The van der Waals surface area contributed by atoms with Crippen LogP contribution in [0.3, 0.4) is 0 Å². The summed E-state index contributed by atoms with van der Waals surface area (Å²) in [5, 5.41) is 10.9. The van der Waals surface area contributed by atoms with Crippen LogP contribution in [-0.2, 0) is 9.59 Å². The third-order valence-corrected chi connectivity index (χ3v) is 3.16. The van der Waals surface area contributed by atoms with E-state index in [0.717, 1.165) is 12.0 Å². The third-order valence-electron chi connectivity index (χ3n) is 3.16. The summed E-state index contributed by atoms with van der Waals surface area (Å²) in [7, 11) is 0. The molecule has 0 unspecified atom stereocenters. The lowest BCUT2D eigenvalue weighted by atomic mass is 10.1. The van der Waals surface area contributed by atoms with Crippen molar-refractivity contribution >= 4 is 23.5 Å². The maximum absolute atomic E-state index is 12.1. The first-order valence-corrected chi connectivity index (χ1v) is 6.40. The van der Waals surface area contributed by atoms with Crippen LogP contribution < -0.4 is 10.2 Å². The molecule has 1 fully saturated rings. The molecule has 6 nitrogen and oxygen atoms in total. The first-order chi connectivity index (χ1) is 9.49. The van der Waals surface area contributed by atoms with Gasteiger partial charge in [0.1, 0.15) is 6.54 Å². The van der Waals surface area contributed by atoms with E-state index < -0.39 is 18.4 Å². The van der Waals surface area contributed by atoms with Gasteiger partial charge < -0.3 is 15.3 Å². The predicted molar refractivity (Wildman–Crippen MR) is 72.7 cm³/mol. The van der Waals surface area contributed by atoms with Gasteiger partial charge in [0.25, 0.3) is 5.91 Å². The number of aryl methyl sites for hydroxylation is 1. The van der Waals surface area contributed by atoms with Gasteiger partial charge in [-0.15, -0.1) is 0 Å². The van der Waals surface area contributed by atoms with E-state index in [-0.39, 0.29) is 5.91 Å². The van der Waals surface area contributed by atoms with E-state index in [2.05, 4.69) is 5.32 Å². The fourth-order valence-electron chi connectivity index (χ4n) is 2.22. The maximum atomic E-state index is 12.1. The van der Waals surface area contributed by atoms with Crippen molar-refractivity contribution in [1.82, 2.24) is 5.32 Å². The fourth-order valence-corrected chi connectivity index (χ4v) is 2.22. The Bertz CT molecular complexity index is 568. The number of hydrogen-bond acceptors (Lipinski definition) is 3. The lowest BCUT2D eigenvalue weighted by Gasteiger charge is -2.19. The summed E-state index contributed by atoms with van der Waals surface area (Å²) in [6, 6.07) is 5.22. The molecule has 1 saturated heterocycles. The molecule has 2 rings (SSSR count). The van der Waals surface area contributed by atoms with Gasteiger partial charge in [-0.1, -0.05) is 11.6 Å². The molecule has 20 heavy (non-hydrogen) atoms. The maximum Gasteiger partial charge on any atom is 0.322 e. The van der Waals surface area contributed by atoms with Crippen molar-refractivity contribution in [3.8, 4) is 0 Å². The molecule has 0 aromatic heterocycles. The lowest BCUT2D eigenvalue weighted by molar-refractivity contribution is -0.135.